The first-order valence-electron chi connectivity index (χ1n) is 5.91. The molecule has 0 atom stereocenters. The largest absolute Gasteiger partial charge is 0.457 e. The molecular weight excluding hydrogens is 365 g/mol. The van der Waals surface area contributed by atoms with Crippen LogP contribution in [0.1, 0.15) is 21.6 Å². The highest BCUT2D eigenvalue weighted by atomic mass is 79.9. The SMILES string of the molecule is Cc1nn(C)c(Cl)c1COC(=O)c1cc(N)c(F)cc1Br. The van der Waals surface area contributed by atoms with Crippen LogP contribution in [0.3, 0.4) is 0 Å². The number of nitrogen functional groups attached to an aromatic ring is 1. The van der Waals surface area contributed by atoms with Gasteiger partial charge >= 0.3 is 5.97 Å². The number of benzene rings is 1. The molecule has 0 bridgehead atoms. The lowest BCUT2D eigenvalue weighted by Gasteiger charge is -2.08. The van der Waals surface area contributed by atoms with E-state index in [1.54, 1.807) is 14.0 Å². The van der Waals surface area contributed by atoms with Gasteiger partial charge in [-0.3, -0.25) is 4.68 Å². The summed E-state index contributed by atoms with van der Waals surface area (Å²) in [5, 5.41) is 4.52. The maximum Gasteiger partial charge on any atom is 0.339 e. The van der Waals surface area contributed by atoms with Gasteiger partial charge in [0.25, 0.3) is 0 Å². The Morgan fingerprint density at radius 3 is 2.81 bits per heavy atom. The Kier molecular flexibility index (Phi) is 4.53. The van der Waals surface area contributed by atoms with E-state index in [0.29, 0.717) is 16.4 Å². The number of esters is 1. The topological polar surface area (TPSA) is 70.1 Å². The number of hydrogen-bond donors (Lipinski definition) is 1. The third-order valence-electron chi connectivity index (χ3n) is 2.92. The molecule has 1 aromatic carbocycles. The van der Waals surface area contributed by atoms with Crippen LogP contribution in [0.4, 0.5) is 10.1 Å². The van der Waals surface area contributed by atoms with Crippen LogP contribution in [-0.4, -0.2) is 15.7 Å². The molecule has 0 saturated carbocycles. The van der Waals surface area contributed by atoms with Crippen LogP contribution in [0.5, 0.6) is 0 Å². The molecule has 0 spiro atoms. The van der Waals surface area contributed by atoms with Crippen LogP contribution in [0.15, 0.2) is 16.6 Å². The van der Waals surface area contributed by atoms with Crippen molar-refractivity contribution in [2.75, 3.05) is 5.73 Å². The van der Waals surface area contributed by atoms with Gasteiger partial charge in [-0.05, 0) is 35.0 Å². The number of nitrogens with two attached hydrogens (primary N) is 1. The first-order chi connectivity index (χ1) is 9.81. The Bertz CT molecular complexity index is 718. The summed E-state index contributed by atoms with van der Waals surface area (Å²) in [6, 6.07) is 2.34. The van der Waals surface area contributed by atoms with Gasteiger partial charge in [-0.2, -0.15) is 5.10 Å². The number of hydrogen-bond acceptors (Lipinski definition) is 4. The first kappa shape index (κ1) is 15.8. The van der Waals surface area contributed by atoms with Crippen molar-refractivity contribution < 1.29 is 13.9 Å². The van der Waals surface area contributed by atoms with Gasteiger partial charge < -0.3 is 10.5 Å². The number of aromatic nitrogens is 2. The van der Waals surface area contributed by atoms with Gasteiger partial charge in [0.15, 0.2) is 0 Å². The lowest BCUT2D eigenvalue weighted by molar-refractivity contribution is 0.0471. The van der Waals surface area contributed by atoms with Crippen molar-refractivity contribution in [3.8, 4) is 0 Å². The predicted octanol–water partition coefficient (Wildman–Crippen LogP) is 3.22. The standard InChI is InChI=1S/C13H12BrClFN3O2/c1-6-8(12(15)19(2)18-6)5-21-13(20)7-3-11(17)10(16)4-9(7)14/h3-4H,5,17H2,1-2H3. The molecule has 112 valence electrons. The molecule has 0 unspecified atom stereocenters. The molecule has 8 heteroatoms. The zero-order chi connectivity index (χ0) is 15.7. The second kappa shape index (κ2) is 6.03. The Hall–Kier alpha value is -1.60. The summed E-state index contributed by atoms with van der Waals surface area (Å²) in [6.07, 6.45) is 0. The molecule has 1 heterocycles. The van der Waals surface area contributed by atoms with E-state index in [1.807, 2.05) is 0 Å². The normalized spacial score (nSPS) is 10.7. The summed E-state index contributed by atoms with van der Waals surface area (Å²) in [7, 11) is 1.69. The summed E-state index contributed by atoms with van der Waals surface area (Å²) < 4.78 is 20.2. The second-order valence-corrected chi connectivity index (χ2v) is 5.62. The van der Waals surface area contributed by atoms with Gasteiger partial charge in [-0.1, -0.05) is 11.6 Å². The zero-order valence-corrected chi connectivity index (χ0v) is 13.6. The minimum Gasteiger partial charge on any atom is -0.457 e. The number of aryl methyl sites for hydroxylation is 2. The van der Waals surface area contributed by atoms with Gasteiger partial charge in [0, 0.05) is 17.1 Å². The van der Waals surface area contributed by atoms with E-state index in [9.17, 15) is 9.18 Å². The van der Waals surface area contributed by atoms with Gasteiger partial charge in [0.2, 0.25) is 0 Å². The molecule has 0 radical (unpaired) electrons. The fraction of sp³-hybridized carbons (Fsp3) is 0.231. The van der Waals surface area contributed by atoms with E-state index in [2.05, 4.69) is 21.0 Å². The quantitative estimate of drug-likeness (QED) is 0.659. The van der Waals surface area contributed by atoms with Crippen LogP contribution in [0.25, 0.3) is 0 Å². The van der Waals surface area contributed by atoms with Crippen molar-refractivity contribution in [1.29, 1.82) is 0 Å². The number of halogens is 3. The molecule has 0 saturated heterocycles. The molecule has 2 N–H and O–H groups in total. The first-order valence-corrected chi connectivity index (χ1v) is 7.08. The Morgan fingerprint density at radius 2 is 2.24 bits per heavy atom. The minimum atomic E-state index is -0.632. The highest BCUT2D eigenvalue weighted by Crippen LogP contribution is 2.25. The molecule has 2 aromatic rings. The van der Waals surface area contributed by atoms with E-state index in [-0.39, 0.29) is 22.3 Å². The van der Waals surface area contributed by atoms with Crippen molar-refractivity contribution in [2.45, 2.75) is 13.5 Å². The fourth-order valence-corrected chi connectivity index (χ4v) is 2.48. The summed E-state index contributed by atoms with van der Waals surface area (Å²) >= 11 is 9.15. The summed E-state index contributed by atoms with van der Waals surface area (Å²) in [6.45, 7) is 1.74. The highest BCUT2D eigenvalue weighted by molar-refractivity contribution is 9.10. The van der Waals surface area contributed by atoms with Crippen molar-refractivity contribution in [3.63, 3.8) is 0 Å². The molecule has 2 rings (SSSR count). The number of carbonyl (C=O) groups is 1. The summed E-state index contributed by atoms with van der Waals surface area (Å²) in [4.78, 5) is 12.0. The smallest absolute Gasteiger partial charge is 0.339 e. The van der Waals surface area contributed by atoms with E-state index in [0.717, 1.165) is 6.07 Å². The van der Waals surface area contributed by atoms with E-state index in [4.69, 9.17) is 22.1 Å². The Balaban J connectivity index is 2.17. The molecule has 0 aliphatic rings. The third-order valence-corrected chi connectivity index (χ3v) is 4.05. The number of anilines is 1. The molecule has 5 nitrogen and oxygen atoms in total. The molecule has 0 amide bonds. The van der Waals surface area contributed by atoms with Gasteiger partial charge in [-0.15, -0.1) is 0 Å². The van der Waals surface area contributed by atoms with Crippen LogP contribution in [0.2, 0.25) is 5.15 Å². The average molecular weight is 377 g/mol. The van der Waals surface area contributed by atoms with Gasteiger partial charge in [0.05, 0.1) is 16.9 Å². The van der Waals surface area contributed by atoms with Crippen molar-refractivity contribution in [1.82, 2.24) is 9.78 Å². The van der Waals surface area contributed by atoms with Crippen LogP contribution in [-0.2, 0) is 18.4 Å². The zero-order valence-electron chi connectivity index (χ0n) is 11.3. The van der Waals surface area contributed by atoms with Crippen LogP contribution < -0.4 is 5.73 Å². The van der Waals surface area contributed by atoms with Gasteiger partial charge in [-0.25, -0.2) is 9.18 Å². The molecule has 1 aromatic heterocycles. The maximum atomic E-state index is 13.2. The molecule has 21 heavy (non-hydrogen) atoms. The number of ether oxygens (including phenoxy) is 1. The second-order valence-electron chi connectivity index (χ2n) is 4.41. The number of rotatable bonds is 3. The molecular formula is C13H12BrClFN3O2. The molecule has 0 aliphatic heterocycles. The average Bonchev–Trinajstić information content (AvgIpc) is 2.65. The van der Waals surface area contributed by atoms with Crippen molar-refractivity contribution in [3.05, 3.63) is 44.4 Å². The van der Waals surface area contributed by atoms with Crippen molar-refractivity contribution >= 4 is 39.2 Å². The Labute approximate surface area is 134 Å². The minimum absolute atomic E-state index is 0.0267. The molecule has 0 aliphatic carbocycles. The van der Waals surface area contributed by atoms with E-state index < -0.39 is 11.8 Å². The van der Waals surface area contributed by atoms with Gasteiger partial charge in [0.1, 0.15) is 17.6 Å². The Morgan fingerprint density at radius 1 is 1.57 bits per heavy atom. The number of carbonyl (C=O) groups excluding carboxylic acids is 1. The van der Waals surface area contributed by atoms with Crippen molar-refractivity contribution in [2.24, 2.45) is 7.05 Å². The van der Waals surface area contributed by atoms with Crippen LogP contribution >= 0.6 is 27.5 Å². The predicted molar refractivity (Wildman–Crippen MR) is 80.6 cm³/mol. The van der Waals surface area contributed by atoms with E-state index in [1.165, 1.54) is 10.7 Å². The van der Waals surface area contributed by atoms with E-state index >= 15 is 0 Å². The fourth-order valence-electron chi connectivity index (χ4n) is 1.78. The summed E-state index contributed by atoms with van der Waals surface area (Å²) in [5.41, 5.74) is 6.77. The lowest BCUT2D eigenvalue weighted by Crippen LogP contribution is -2.08. The lowest BCUT2D eigenvalue weighted by atomic mass is 10.2. The third kappa shape index (κ3) is 3.19. The molecule has 0 fully saturated rings. The summed E-state index contributed by atoms with van der Waals surface area (Å²) in [5.74, 6) is -1.24. The number of nitrogens with zero attached hydrogens (tertiary/aromatic N) is 2. The van der Waals surface area contributed by atoms with Crippen LogP contribution in [0, 0.1) is 12.7 Å². The monoisotopic (exact) mass is 375 g/mol. The highest BCUT2D eigenvalue weighted by Gasteiger charge is 2.17. The maximum absolute atomic E-state index is 13.2.